The highest BCUT2D eigenvalue weighted by molar-refractivity contribution is 6.31. The molecule has 0 unspecified atom stereocenters. The molecule has 0 saturated heterocycles. The normalized spacial score (nSPS) is 11.2. The molecule has 4 aromatic rings. The third-order valence-corrected chi connectivity index (χ3v) is 7.65. The van der Waals surface area contributed by atoms with Gasteiger partial charge >= 0.3 is 11.9 Å². The summed E-state index contributed by atoms with van der Waals surface area (Å²) in [7, 11) is 1.21. The zero-order valence-electron chi connectivity index (χ0n) is 23.1. The number of aromatic hydroxyl groups is 1. The summed E-state index contributed by atoms with van der Waals surface area (Å²) in [4.78, 5) is 41.9. The Morgan fingerprint density at radius 3 is 2.59 bits per heavy atom. The van der Waals surface area contributed by atoms with Crippen LogP contribution in [0.1, 0.15) is 32.0 Å². The highest BCUT2D eigenvalue weighted by atomic mass is 35.5. The van der Waals surface area contributed by atoms with Gasteiger partial charge < -0.3 is 29.8 Å². The summed E-state index contributed by atoms with van der Waals surface area (Å²) in [6, 6.07) is 18.7. The lowest BCUT2D eigenvalue weighted by Gasteiger charge is -2.20. The van der Waals surface area contributed by atoms with Gasteiger partial charge in [0.1, 0.15) is 17.1 Å². The second-order valence-corrected chi connectivity index (χ2v) is 10.4. The predicted molar refractivity (Wildman–Crippen MR) is 165 cm³/mol. The summed E-state index contributed by atoms with van der Waals surface area (Å²) >= 11 is 6.24. The Morgan fingerprint density at radius 2 is 1.84 bits per heavy atom. The van der Waals surface area contributed by atoms with Crippen LogP contribution in [0.4, 0.5) is 5.69 Å². The van der Waals surface area contributed by atoms with E-state index in [0.717, 1.165) is 5.39 Å². The van der Waals surface area contributed by atoms with Crippen LogP contribution in [0.2, 0.25) is 5.02 Å². The first-order valence-corrected chi connectivity index (χ1v) is 13.7. The van der Waals surface area contributed by atoms with Gasteiger partial charge in [0, 0.05) is 34.5 Å². The summed E-state index contributed by atoms with van der Waals surface area (Å²) in [6.07, 6.45) is 0. The molecule has 1 aliphatic carbocycles. The molecule has 0 atom stereocenters. The molecule has 0 fully saturated rings. The number of fused-ring (bicyclic) bond motifs is 3. The van der Waals surface area contributed by atoms with E-state index in [1.54, 1.807) is 12.1 Å². The van der Waals surface area contributed by atoms with E-state index in [1.807, 2.05) is 24.3 Å². The number of phenols is 1. The third kappa shape index (κ3) is 4.96. The van der Waals surface area contributed by atoms with E-state index >= 15 is 0 Å². The van der Waals surface area contributed by atoms with Crippen molar-refractivity contribution in [2.24, 2.45) is 0 Å². The fraction of sp³-hybridized carbons (Fsp3) is 0.0909. The maximum absolute atomic E-state index is 12.9. The summed E-state index contributed by atoms with van der Waals surface area (Å²) in [5.41, 5.74) is 2.60. The number of ether oxygens (including phenoxy) is 1. The van der Waals surface area contributed by atoms with Gasteiger partial charge in [0.05, 0.1) is 52.3 Å². The van der Waals surface area contributed by atoms with Crippen molar-refractivity contribution in [3.63, 3.8) is 0 Å². The van der Waals surface area contributed by atoms with Gasteiger partial charge in [-0.05, 0) is 54.1 Å². The minimum Gasteiger partial charge on any atom is -0.507 e. The van der Waals surface area contributed by atoms with Crippen LogP contribution in [0.25, 0.3) is 44.3 Å². The lowest BCUT2D eigenvalue weighted by Crippen LogP contribution is -2.09. The second-order valence-electron chi connectivity index (χ2n) is 9.94. The molecule has 6 rings (SSSR count). The molecule has 3 aromatic carbocycles. The highest BCUT2D eigenvalue weighted by Gasteiger charge is 2.26. The van der Waals surface area contributed by atoms with Crippen molar-refractivity contribution in [2.45, 2.75) is 13.2 Å². The number of phenolic OH excluding ortho intramolecular Hbond substituents is 1. The number of aliphatic hydroxyl groups excluding tert-OH is 1. The first kappa shape index (κ1) is 28.7. The van der Waals surface area contributed by atoms with Crippen molar-refractivity contribution in [3.8, 4) is 28.2 Å². The van der Waals surface area contributed by atoms with Crippen LogP contribution in [0.15, 0.2) is 82.0 Å². The number of esters is 1. The number of benzene rings is 4. The number of hydrogen-bond acceptors (Lipinski definition) is 9. The number of halogens is 1. The largest absolute Gasteiger partial charge is 0.507 e. The van der Waals surface area contributed by atoms with Crippen molar-refractivity contribution in [2.75, 3.05) is 12.4 Å². The number of pyridine rings is 1. The van der Waals surface area contributed by atoms with Crippen molar-refractivity contribution in [1.82, 2.24) is 4.98 Å². The molecule has 10 nitrogen and oxygen atoms in total. The van der Waals surface area contributed by atoms with Gasteiger partial charge in [0.25, 0.3) is 0 Å². The smallest absolute Gasteiger partial charge is 0.338 e. The molecule has 1 aromatic heterocycles. The van der Waals surface area contributed by atoms with Gasteiger partial charge in [-0.25, -0.2) is 14.6 Å². The van der Waals surface area contributed by atoms with E-state index in [-0.39, 0.29) is 52.0 Å². The number of aromatic carboxylic acids is 1. The molecule has 4 N–H and O–H groups in total. The molecule has 2 heterocycles. The van der Waals surface area contributed by atoms with Crippen LogP contribution in [0.3, 0.4) is 0 Å². The number of nitrogens with zero attached hydrogens (tertiary/aromatic N) is 1. The molecular formula is C33H23ClN2O8. The maximum atomic E-state index is 12.9. The third-order valence-electron chi connectivity index (χ3n) is 7.36. The first-order chi connectivity index (χ1) is 21.2. The summed E-state index contributed by atoms with van der Waals surface area (Å²) in [5, 5.41) is 34.8. The van der Waals surface area contributed by atoms with Gasteiger partial charge in [-0.15, -0.1) is 0 Å². The molecule has 0 saturated carbocycles. The molecule has 11 heteroatoms. The van der Waals surface area contributed by atoms with Crippen LogP contribution in [0.5, 0.6) is 5.75 Å². The SMILES string of the molecule is COC(=O)c1ccc(C(=O)O)cc1-c1c2cc(Cl)c(=O)cc-2oc2c(CNc3cccc4ccc(CO)nc34)c(O)ccc12. The molecule has 1 aliphatic heterocycles. The van der Waals surface area contributed by atoms with Crippen molar-refractivity contribution in [3.05, 3.63) is 110 Å². The fourth-order valence-electron chi connectivity index (χ4n) is 5.24. The standard InChI is InChI=1S/C33H23ClN2O8/c1-43-33(42)19-8-6-17(32(40)41)11-21(19)29-20-9-10-26(38)23(31(20)44-28-13-27(39)24(34)12-22(28)29)14-35-25-4-2-3-16-5-7-18(15-37)36-30(16)25/h2-13,35,37-38H,14-15H2,1H3,(H,40,41). The average molecular weight is 611 g/mol. The molecule has 2 aliphatic rings. The van der Waals surface area contributed by atoms with E-state index < -0.39 is 17.4 Å². The van der Waals surface area contributed by atoms with E-state index in [2.05, 4.69) is 10.3 Å². The molecule has 220 valence electrons. The number of rotatable bonds is 7. The Hall–Kier alpha value is -5.45. The van der Waals surface area contributed by atoms with Crippen LogP contribution in [-0.4, -0.2) is 39.4 Å². The number of nitrogens with one attached hydrogen (secondary N) is 1. The number of aromatic nitrogens is 1. The number of anilines is 1. The topological polar surface area (TPSA) is 159 Å². The first-order valence-electron chi connectivity index (χ1n) is 13.3. The maximum Gasteiger partial charge on any atom is 0.338 e. The summed E-state index contributed by atoms with van der Waals surface area (Å²) < 4.78 is 11.2. The number of methoxy groups -OCH3 is 1. The van der Waals surface area contributed by atoms with E-state index in [9.17, 15) is 29.7 Å². The number of para-hydroxylation sites is 1. The van der Waals surface area contributed by atoms with E-state index in [1.165, 1.54) is 43.5 Å². The summed E-state index contributed by atoms with van der Waals surface area (Å²) in [6.45, 7) is -0.190. The number of carbonyl (C=O) groups excluding carboxylic acids is 1. The van der Waals surface area contributed by atoms with Crippen LogP contribution in [-0.2, 0) is 17.9 Å². The summed E-state index contributed by atoms with van der Waals surface area (Å²) in [5.74, 6) is -1.94. The van der Waals surface area contributed by atoms with Gasteiger partial charge in [-0.1, -0.05) is 29.8 Å². The lowest BCUT2D eigenvalue weighted by atomic mass is 9.89. The zero-order valence-corrected chi connectivity index (χ0v) is 23.8. The number of aliphatic hydroxyl groups is 1. The van der Waals surface area contributed by atoms with Gasteiger partial charge in [0.2, 0.25) is 5.43 Å². The minimum atomic E-state index is -1.22. The number of carbonyl (C=O) groups is 2. The molecule has 0 spiro atoms. The Balaban J connectivity index is 1.62. The fourth-order valence-corrected chi connectivity index (χ4v) is 5.40. The predicted octanol–water partition coefficient (Wildman–Crippen LogP) is 6.06. The van der Waals surface area contributed by atoms with Gasteiger partial charge in [-0.3, -0.25) is 4.79 Å². The van der Waals surface area contributed by atoms with Crippen molar-refractivity contribution >= 4 is 51.1 Å². The number of carboxylic acids is 1. The Morgan fingerprint density at radius 1 is 1.02 bits per heavy atom. The van der Waals surface area contributed by atoms with Crippen molar-refractivity contribution < 1.29 is 34.1 Å². The molecule has 0 bridgehead atoms. The Bertz CT molecular complexity index is 2160. The molecule has 44 heavy (non-hydrogen) atoms. The Kier molecular flexibility index (Phi) is 7.38. The molecule has 0 amide bonds. The number of hydrogen-bond donors (Lipinski definition) is 4. The molecular weight excluding hydrogens is 588 g/mol. The highest BCUT2D eigenvalue weighted by Crippen LogP contribution is 2.45. The van der Waals surface area contributed by atoms with Gasteiger partial charge in [-0.2, -0.15) is 0 Å². The lowest BCUT2D eigenvalue weighted by molar-refractivity contribution is 0.0599. The molecule has 0 radical (unpaired) electrons. The van der Waals surface area contributed by atoms with E-state index in [4.69, 9.17) is 20.8 Å². The van der Waals surface area contributed by atoms with Crippen LogP contribution < -0.4 is 10.7 Å². The zero-order chi connectivity index (χ0) is 31.1. The van der Waals surface area contributed by atoms with E-state index in [0.29, 0.717) is 39.0 Å². The quantitative estimate of drug-likeness (QED) is 0.124. The minimum absolute atomic E-state index is 0.0403. The monoisotopic (exact) mass is 610 g/mol. The van der Waals surface area contributed by atoms with Crippen LogP contribution in [0, 0.1) is 0 Å². The second kappa shape index (κ2) is 11.3. The average Bonchev–Trinajstić information content (AvgIpc) is 3.03. The van der Waals surface area contributed by atoms with Crippen LogP contribution >= 0.6 is 11.6 Å². The van der Waals surface area contributed by atoms with Crippen molar-refractivity contribution in [1.29, 1.82) is 0 Å². The number of carboxylic acid groups (broad SMARTS) is 1. The van der Waals surface area contributed by atoms with Gasteiger partial charge in [0.15, 0.2) is 0 Å². The Labute approximate surface area is 254 Å².